The van der Waals surface area contributed by atoms with Gasteiger partial charge >= 0.3 is 0 Å². The van der Waals surface area contributed by atoms with E-state index in [9.17, 15) is 9.59 Å². The topological polar surface area (TPSA) is 43.4 Å². The fourth-order valence-corrected chi connectivity index (χ4v) is 1.06. The molecular formula is C11H20O3. The number of Topliss-reactive ketones (excluding diaryl/α,β-unsaturated/α-hetero) is 2. The molecule has 0 aromatic carbocycles. The molecule has 82 valence electrons. The van der Waals surface area contributed by atoms with Crippen LogP contribution in [0.5, 0.6) is 0 Å². The maximum absolute atomic E-state index is 11.2. The van der Waals surface area contributed by atoms with Crippen molar-refractivity contribution in [2.45, 2.75) is 46.0 Å². The van der Waals surface area contributed by atoms with Gasteiger partial charge in [0, 0.05) is 32.5 Å². The molecule has 0 heterocycles. The Morgan fingerprint density at radius 2 is 1.79 bits per heavy atom. The molecule has 0 atom stereocenters. The first-order valence-corrected chi connectivity index (χ1v) is 5.25. The van der Waals surface area contributed by atoms with E-state index in [0.29, 0.717) is 25.9 Å². The fourth-order valence-electron chi connectivity index (χ4n) is 1.06. The lowest BCUT2D eigenvalue weighted by Crippen LogP contribution is -2.04. The first kappa shape index (κ1) is 13.3. The number of carbonyl (C=O) groups excluding carboxylic acids is 2. The molecule has 14 heavy (non-hydrogen) atoms. The maximum Gasteiger partial charge on any atom is 0.133 e. The van der Waals surface area contributed by atoms with Crippen molar-refractivity contribution in [2.24, 2.45) is 0 Å². The number of ether oxygens (including phenoxy) is 1. The molecule has 0 aliphatic heterocycles. The molecule has 0 saturated heterocycles. The summed E-state index contributed by atoms with van der Waals surface area (Å²) in [5, 5.41) is 0. The van der Waals surface area contributed by atoms with E-state index in [1.807, 2.05) is 0 Å². The minimum absolute atomic E-state index is 0.0839. The van der Waals surface area contributed by atoms with Gasteiger partial charge < -0.3 is 9.53 Å². The number of hydrogen-bond acceptors (Lipinski definition) is 3. The SMILES string of the molecule is CCCOCCCC(=O)CCC(C)=O. The molecule has 0 aromatic rings. The number of ketones is 2. The molecule has 0 N–H and O–H groups in total. The highest BCUT2D eigenvalue weighted by Gasteiger charge is 2.03. The quantitative estimate of drug-likeness (QED) is 0.535. The van der Waals surface area contributed by atoms with Crippen molar-refractivity contribution in [1.29, 1.82) is 0 Å². The van der Waals surface area contributed by atoms with Gasteiger partial charge in [-0.2, -0.15) is 0 Å². The van der Waals surface area contributed by atoms with E-state index in [1.54, 1.807) is 0 Å². The zero-order valence-electron chi connectivity index (χ0n) is 9.17. The van der Waals surface area contributed by atoms with E-state index in [4.69, 9.17) is 4.74 Å². The van der Waals surface area contributed by atoms with Crippen LogP contribution in [-0.4, -0.2) is 24.8 Å². The Hall–Kier alpha value is -0.700. The lowest BCUT2D eigenvalue weighted by atomic mass is 10.1. The summed E-state index contributed by atoms with van der Waals surface area (Å²) in [6, 6.07) is 0. The first-order valence-electron chi connectivity index (χ1n) is 5.25. The van der Waals surface area contributed by atoms with Gasteiger partial charge in [-0.3, -0.25) is 4.79 Å². The van der Waals surface area contributed by atoms with Gasteiger partial charge in [0.05, 0.1) is 0 Å². The normalized spacial score (nSPS) is 10.1. The van der Waals surface area contributed by atoms with E-state index >= 15 is 0 Å². The number of hydrogen-bond donors (Lipinski definition) is 0. The van der Waals surface area contributed by atoms with Crippen LogP contribution in [0.4, 0.5) is 0 Å². The maximum atomic E-state index is 11.2. The lowest BCUT2D eigenvalue weighted by Gasteiger charge is -2.01. The predicted octanol–water partition coefficient (Wildman–Crippen LogP) is 2.13. The van der Waals surface area contributed by atoms with Crippen LogP contribution in [0.3, 0.4) is 0 Å². The van der Waals surface area contributed by atoms with Gasteiger partial charge in [-0.15, -0.1) is 0 Å². The molecule has 3 heteroatoms. The summed E-state index contributed by atoms with van der Waals surface area (Å²) in [6.45, 7) is 4.98. The highest BCUT2D eigenvalue weighted by molar-refractivity contribution is 5.84. The van der Waals surface area contributed by atoms with Crippen LogP contribution in [0.15, 0.2) is 0 Å². The summed E-state index contributed by atoms with van der Waals surface area (Å²) >= 11 is 0. The van der Waals surface area contributed by atoms with E-state index in [1.165, 1.54) is 6.92 Å². The average molecular weight is 200 g/mol. The Balaban J connectivity index is 3.22. The third-order valence-corrected chi connectivity index (χ3v) is 1.85. The Labute approximate surface area is 85.8 Å². The van der Waals surface area contributed by atoms with Crippen molar-refractivity contribution in [3.05, 3.63) is 0 Å². The fraction of sp³-hybridized carbons (Fsp3) is 0.818. The van der Waals surface area contributed by atoms with Gasteiger partial charge in [0.2, 0.25) is 0 Å². The van der Waals surface area contributed by atoms with Crippen LogP contribution < -0.4 is 0 Å². The molecule has 0 fully saturated rings. The van der Waals surface area contributed by atoms with Crippen LogP contribution >= 0.6 is 0 Å². The van der Waals surface area contributed by atoms with Crippen molar-refractivity contribution >= 4 is 11.6 Å². The van der Waals surface area contributed by atoms with Crippen LogP contribution in [0, 0.1) is 0 Å². The molecule has 0 spiro atoms. The summed E-state index contributed by atoms with van der Waals surface area (Å²) in [7, 11) is 0. The second-order valence-electron chi connectivity index (χ2n) is 3.46. The molecule has 3 nitrogen and oxygen atoms in total. The van der Waals surface area contributed by atoms with Crippen LogP contribution in [-0.2, 0) is 14.3 Å². The Bertz CT molecular complexity index is 175. The first-order chi connectivity index (χ1) is 6.66. The molecule has 0 aliphatic rings. The summed E-state index contributed by atoms with van der Waals surface area (Å²) in [5.74, 6) is 0.251. The molecule has 0 aliphatic carbocycles. The predicted molar refractivity (Wildman–Crippen MR) is 55.3 cm³/mol. The molecule has 0 aromatic heterocycles. The number of carbonyl (C=O) groups is 2. The van der Waals surface area contributed by atoms with Gasteiger partial charge in [0.1, 0.15) is 11.6 Å². The van der Waals surface area contributed by atoms with E-state index < -0.39 is 0 Å². The summed E-state index contributed by atoms with van der Waals surface area (Å²) in [4.78, 5) is 21.8. The van der Waals surface area contributed by atoms with Gasteiger partial charge in [-0.25, -0.2) is 0 Å². The van der Waals surface area contributed by atoms with E-state index in [2.05, 4.69) is 6.92 Å². The van der Waals surface area contributed by atoms with E-state index in [-0.39, 0.29) is 11.6 Å². The molecule has 0 saturated carbocycles. The molecule has 0 bridgehead atoms. The van der Waals surface area contributed by atoms with Crippen LogP contribution in [0.25, 0.3) is 0 Å². The van der Waals surface area contributed by atoms with Crippen molar-refractivity contribution in [2.75, 3.05) is 13.2 Å². The lowest BCUT2D eigenvalue weighted by molar-refractivity contribution is -0.123. The van der Waals surface area contributed by atoms with Crippen molar-refractivity contribution in [1.82, 2.24) is 0 Å². The Morgan fingerprint density at radius 1 is 1.07 bits per heavy atom. The molecular weight excluding hydrogens is 180 g/mol. The molecule has 0 amide bonds. The third kappa shape index (κ3) is 9.39. The Kier molecular flexibility index (Phi) is 8.43. The van der Waals surface area contributed by atoms with Gasteiger partial charge in [0.15, 0.2) is 0 Å². The summed E-state index contributed by atoms with van der Waals surface area (Å²) in [5.41, 5.74) is 0. The van der Waals surface area contributed by atoms with Crippen LogP contribution in [0.2, 0.25) is 0 Å². The van der Waals surface area contributed by atoms with E-state index in [0.717, 1.165) is 19.4 Å². The standard InChI is InChI=1S/C11H20O3/c1-3-8-14-9-4-5-11(13)7-6-10(2)12/h3-9H2,1-2H3. The van der Waals surface area contributed by atoms with Crippen molar-refractivity contribution < 1.29 is 14.3 Å². The minimum atomic E-state index is 0.0839. The average Bonchev–Trinajstić information content (AvgIpc) is 2.14. The zero-order chi connectivity index (χ0) is 10.8. The van der Waals surface area contributed by atoms with Gasteiger partial charge in [-0.05, 0) is 19.8 Å². The molecule has 0 unspecified atom stereocenters. The zero-order valence-corrected chi connectivity index (χ0v) is 9.17. The highest BCUT2D eigenvalue weighted by atomic mass is 16.5. The number of rotatable bonds is 9. The van der Waals surface area contributed by atoms with Gasteiger partial charge in [-0.1, -0.05) is 6.92 Å². The molecule has 0 rings (SSSR count). The minimum Gasteiger partial charge on any atom is -0.381 e. The third-order valence-electron chi connectivity index (χ3n) is 1.85. The van der Waals surface area contributed by atoms with Crippen LogP contribution in [0.1, 0.15) is 46.0 Å². The Morgan fingerprint density at radius 3 is 2.36 bits per heavy atom. The van der Waals surface area contributed by atoms with Crippen molar-refractivity contribution in [3.8, 4) is 0 Å². The smallest absolute Gasteiger partial charge is 0.133 e. The van der Waals surface area contributed by atoms with Crippen molar-refractivity contribution in [3.63, 3.8) is 0 Å². The summed E-state index contributed by atoms with van der Waals surface area (Å²) in [6.07, 6.45) is 3.10. The largest absolute Gasteiger partial charge is 0.381 e. The van der Waals surface area contributed by atoms with Gasteiger partial charge in [0.25, 0.3) is 0 Å². The highest BCUT2D eigenvalue weighted by Crippen LogP contribution is 2.00. The second kappa shape index (κ2) is 8.88. The second-order valence-corrected chi connectivity index (χ2v) is 3.46. The summed E-state index contributed by atoms with van der Waals surface area (Å²) < 4.78 is 5.24. The molecule has 0 radical (unpaired) electrons. The monoisotopic (exact) mass is 200 g/mol.